The van der Waals surface area contributed by atoms with E-state index in [0.717, 1.165) is 16.2 Å². The second-order valence-corrected chi connectivity index (χ2v) is 7.01. The number of anilines is 1. The van der Waals surface area contributed by atoms with Crippen LogP contribution < -0.4 is 14.5 Å². The molecule has 25 heavy (non-hydrogen) atoms. The number of hydrogen-bond acceptors (Lipinski definition) is 6. The summed E-state index contributed by atoms with van der Waals surface area (Å²) in [6, 6.07) is 13.2. The smallest absolute Gasteiger partial charge is 0.165 e. The zero-order valence-electron chi connectivity index (χ0n) is 14.0. The zero-order valence-corrected chi connectivity index (χ0v) is 16.1. The Kier molecular flexibility index (Phi) is 5.87. The van der Waals surface area contributed by atoms with Gasteiger partial charge in [-0.3, -0.25) is 3.07 Å². The van der Waals surface area contributed by atoms with E-state index in [2.05, 4.69) is 0 Å². The normalized spacial score (nSPS) is 18.7. The van der Waals surface area contributed by atoms with Crippen molar-refractivity contribution in [3.63, 3.8) is 0 Å². The van der Waals surface area contributed by atoms with E-state index >= 15 is 0 Å². The molecule has 0 aromatic heterocycles. The maximum Gasteiger partial charge on any atom is 0.165 e. The van der Waals surface area contributed by atoms with Gasteiger partial charge < -0.3 is 24.5 Å². The van der Waals surface area contributed by atoms with Crippen LogP contribution in [0.3, 0.4) is 0 Å². The maximum atomic E-state index is 12.3. The highest BCUT2D eigenvalue weighted by Crippen LogP contribution is 2.47. The minimum Gasteiger partial charge on any atom is -0.758 e. The van der Waals surface area contributed by atoms with E-state index in [9.17, 15) is 8.28 Å². The molecule has 0 aliphatic carbocycles. The average molecular weight is 456 g/mol. The van der Waals surface area contributed by atoms with Crippen molar-refractivity contribution in [2.24, 2.45) is 0 Å². The lowest BCUT2D eigenvalue weighted by Gasteiger charge is -2.30. The molecule has 1 heterocycles. The summed E-state index contributed by atoms with van der Waals surface area (Å²) in [4.78, 5) is 0. The van der Waals surface area contributed by atoms with Gasteiger partial charge in [-0.05, 0) is 18.6 Å². The van der Waals surface area contributed by atoms with Crippen LogP contribution in [0.2, 0.25) is 0 Å². The summed E-state index contributed by atoms with van der Waals surface area (Å²) in [5.41, 5.74) is 2.18. The van der Waals surface area contributed by atoms with E-state index < -0.39 is 21.2 Å². The molecule has 1 saturated heterocycles. The number of hydroxylamine groups is 1. The summed E-state index contributed by atoms with van der Waals surface area (Å²) in [6.45, 7) is 2.30. The summed E-state index contributed by atoms with van der Waals surface area (Å²) in [7, 11) is 1.56. The molecule has 1 aliphatic rings. The predicted molar refractivity (Wildman–Crippen MR) is 102 cm³/mol. The Morgan fingerprint density at radius 3 is 2.56 bits per heavy atom. The quantitative estimate of drug-likeness (QED) is 0.194. The minimum absolute atomic E-state index is 0.0164. The largest absolute Gasteiger partial charge is 0.758 e. The van der Waals surface area contributed by atoms with Crippen LogP contribution in [-0.2, 0) is 14.4 Å². The average Bonchev–Trinajstić information content (AvgIpc) is 3.36. The number of rotatable bonds is 8. The number of epoxide rings is 1. The van der Waals surface area contributed by atoms with Gasteiger partial charge in [0.1, 0.15) is 12.7 Å². The first-order valence-corrected chi connectivity index (χ1v) is 10.2. The number of alkyl halides is 1. The third kappa shape index (κ3) is 4.28. The first-order chi connectivity index (χ1) is 12.1. The molecule has 2 unspecified atom stereocenters. The lowest BCUT2D eigenvalue weighted by atomic mass is 10.1. The van der Waals surface area contributed by atoms with Gasteiger partial charge in [0.25, 0.3) is 0 Å². The van der Waals surface area contributed by atoms with Crippen molar-refractivity contribution in [1.29, 1.82) is 0 Å². The van der Waals surface area contributed by atoms with Gasteiger partial charge in [0.05, 0.1) is 17.8 Å². The number of halogens is 1. The molecule has 0 bridgehead atoms. The highest BCUT2D eigenvalue weighted by atomic mass is 127. The van der Waals surface area contributed by atoms with Crippen LogP contribution in [0.5, 0.6) is 11.5 Å². The van der Waals surface area contributed by atoms with Gasteiger partial charge >= 0.3 is 0 Å². The third-order valence-electron chi connectivity index (χ3n) is 3.99. The van der Waals surface area contributed by atoms with E-state index in [4.69, 9.17) is 14.2 Å². The van der Waals surface area contributed by atoms with Crippen LogP contribution in [0.15, 0.2) is 42.5 Å². The molecule has 1 fully saturated rings. The van der Waals surface area contributed by atoms with Gasteiger partial charge in [-0.25, -0.2) is 0 Å². The molecule has 1 aliphatic heterocycles. The molecule has 134 valence electrons. The Morgan fingerprint density at radius 2 is 1.96 bits per heavy atom. The fraction of sp³-hybridized carbons (Fsp3) is 0.333. The van der Waals surface area contributed by atoms with E-state index in [0.29, 0.717) is 23.8 Å². The van der Waals surface area contributed by atoms with Gasteiger partial charge in [0.15, 0.2) is 32.7 Å². The van der Waals surface area contributed by atoms with Crippen LogP contribution in [0, 0.1) is 5.21 Å². The fourth-order valence-corrected chi connectivity index (χ4v) is 3.26. The minimum atomic E-state index is -1.40. The van der Waals surface area contributed by atoms with Crippen molar-refractivity contribution >= 4 is 26.9 Å². The van der Waals surface area contributed by atoms with Crippen LogP contribution >= 0.6 is 21.2 Å². The van der Waals surface area contributed by atoms with Gasteiger partial charge in [-0.1, -0.05) is 30.3 Å². The molecule has 0 N–H and O–H groups in total. The lowest BCUT2D eigenvalue weighted by Crippen LogP contribution is -2.14. The number of ether oxygens (including phenoxy) is 3. The fourth-order valence-electron chi connectivity index (χ4n) is 2.64. The van der Waals surface area contributed by atoms with Crippen LogP contribution in [0.4, 0.5) is 5.69 Å². The van der Waals surface area contributed by atoms with Gasteiger partial charge in [-0.15, -0.1) is 0 Å². The summed E-state index contributed by atoms with van der Waals surface area (Å²) < 4.78 is 27.8. The molecular formula is C18H19INO5-. The molecule has 0 saturated carbocycles. The maximum absolute atomic E-state index is 12.3. The monoisotopic (exact) mass is 456 g/mol. The molecule has 0 amide bonds. The summed E-state index contributed by atoms with van der Waals surface area (Å²) in [5, 5.41) is 13.1. The van der Waals surface area contributed by atoms with Gasteiger partial charge in [0.2, 0.25) is 0 Å². The Labute approximate surface area is 156 Å². The number of benzene rings is 2. The molecule has 7 heteroatoms. The van der Waals surface area contributed by atoms with Crippen LogP contribution in [0.25, 0.3) is 0 Å². The van der Waals surface area contributed by atoms with Crippen molar-refractivity contribution in [2.75, 3.05) is 16.7 Å². The Bertz CT molecular complexity index is 740. The molecule has 2 aromatic rings. The summed E-state index contributed by atoms with van der Waals surface area (Å²) >= 11 is -1.40. The molecule has 0 radical (unpaired) electrons. The highest BCUT2D eigenvalue weighted by Gasteiger charge is 2.38. The second kappa shape index (κ2) is 8.11. The predicted octanol–water partition coefficient (Wildman–Crippen LogP) is 4.31. The summed E-state index contributed by atoms with van der Waals surface area (Å²) in [6.07, 6.45) is -0.0942. The van der Waals surface area contributed by atoms with E-state index in [-0.39, 0.29) is 16.8 Å². The molecular weight excluding hydrogens is 437 g/mol. The van der Waals surface area contributed by atoms with Gasteiger partial charge in [-0.2, -0.15) is 0 Å². The Balaban J connectivity index is 1.90. The standard InChI is InChI=1S/C18H19INO5/c1-12-18(25-12)14-8-16(23-2)17(9-15(14)20(22)11-19-21)24-10-13-6-4-3-5-7-13/h3-9,12,18H,10-11H2,1-2H3/q-1. The van der Waals surface area contributed by atoms with Crippen molar-refractivity contribution in [1.82, 2.24) is 0 Å². The second-order valence-electron chi connectivity index (χ2n) is 5.71. The van der Waals surface area contributed by atoms with Crippen molar-refractivity contribution in [2.45, 2.75) is 25.7 Å². The number of hydrogen-bond donors (Lipinski definition) is 0. The summed E-state index contributed by atoms with van der Waals surface area (Å²) in [5.74, 6) is 1.02. The SMILES string of the molecule is COc1cc(C2OC2C)c(N([O-])CI=O)cc1OCc1ccccc1. The molecule has 6 nitrogen and oxygen atoms in total. The third-order valence-corrected chi connectivity index (χ3v) is 4.89. The topological polar surface area (TPSA) is 74.4 Å². The molecule has 2 aromatic carbocycles. The first kappa shape index (κ1) is 18.1. The van der Waals surface area contributed by atoms with Crippen LogP contribution in [0.1, 0.15) is 24.2 Å². The Morgan fingerprint density at radius 1 is 1.24 bits per heavy atom. The van der Waals surface area contributed by atoms with E-state index in [1.54, 1.807) is 19.2 Å². The van der Waals surface area contributed by atoms with Crippen molar-refractivity contribution in [3.05, 3.63) is 58.8 Å². The molecule has 0 spiro atoms. The zero-order chi connectivity index (χ0) is 17.8. The Hall–Kier alpha value is -1.71. The van der Waals surface area contributed by atoms with Crippen LogP contribution in [-0.4, -0.2) is 17.8 Å². The molecule has 2 atom stereocenters. The lowest BCUT2D eigenvalue weighted by molar-refractivity contribution is 0.284. The highest BCUT2D eigenvalue weighted by molar-refractivity contribution is 14.1. The van der Waals surface area contributed by atoms with Gasteiger partial charge in [0, 0.05) is 17.3 Å². The first-order valence-electron chi connectivity index (χ1n) is 7.84. The number of nitrogens with zero attached hydrogens (tertiary/aromatic N) is 1. The number of methoxy groups -OCH3 is 1. The molecule has 3 rings (SSSR count). The van der Waals surface area contributed by atoms with Crippen molar-refractivity contribution in [3.8, 4) is 11.5 Å². The van der Waals surface area contributed by atoms with Crippen molar-refractivity contribution < 1.29 is 17.3 Å². The van der Waals surface area contributed by atoms with E-state index in [1.807, 2.05) is 37.3 Å². The van der Waals surface area contributed by atoms with E-state index in [1.165, 1.54) is 0 Å².